The van der Waals surface area contributed by atoms with Crippen LogP contribution in [0, 0.1) is 0 Å². The predicted octanol–water partition coefficient (Wildman–Crippen LogP) is 1.89. The molecule has 0 aromatic carbocycles. The second-order valence-corrected chi connectivity index (χ2v) is 6.20. The van der Waals surface area contributed by atoms with Gasteiger partial charge in [-0.3, -0.25) is 4.79 Å². The molecule has 1 N–H and O–H groups in total. The Morgan fingerprint density at radius 1 is 1.44 bits per heavy atom. The second-order valence-electron chi connectivity index (χ2n) is 4.63. The summed E-state index contributed by atoms with van der Waals surface area (Å²) in [6.45, 7) is 5.13. The molecule has 1 heterocycles. The fraction of sp³-hybridized carbons (Fsp3) is 0.917. The molecule has 4 heteroatoms. The smallest absolute Gasteiger partial charge is 0.232 e. The van der Waals surface area contributed by atoms with Crippen LogP contribution in [-0.2, 0) is 4.79 Å². The lowest BCUT2D eigenvalue weighted by Gasteiger charge is -2.28. The molecule has 3 nitrogen and oxygen atoms in total. The molecule has 16 heavy (non-hydrogen) atoms. The van der Waals surface area contributed by atoms with Gasteiger partial charge >= 0.3 is 0 Å². The van der Waals surface area contributed by atoms with Crippen molar-refractivity contribution in [3.05, 3.63) is 0 Å². The lowest BCUT2D eigenvalue weighted by Crippen LogP contribution is -2.43. The van der Waals surface area contributed by atoms with Crippen molar-refractivity contribution in [2.75, 3.05) is 18.9 Å². The van der Waals surface area contributed by atoms with E-state index in [1.54, 1.807) is 11.8 Å². The van der Waals surface area contributed by atoms with E-state index < -0.39 is 0 Å². The van der Waals surface area contributed by atoms with Gasteiger partial charge in [0.1, 0.15) is 0 Å². The van der Waals surface area contributed by atoms with Crippen molar-refractivity contribution in [1.29, 1.82) is 0 Å². The average Bonchev–Trinajstić information content (AvgIpc) is 2.50. The van der Waals surface area contributed by atoms with Gasteiger partial charge in [0.25, 0.3) is 0 Å². The number of carbonyl (C=O) groups excluding carboxylic acids is 1. The van der Waals surface area contributed by atoms with Gasteiger partial charge in [-0.1, -0.05) is 26.7 Å². The van der Waals surface area contributed by atoms with Crippen LogP contribution in [-0.4, -0.2) is 46.1 Å². The van der Waals surface area contributed by atoms with Gasteiger partial charge in [-0.05, 0) is 18.1 Å². The Labute approximate surface area is 103 Å². The van der Waals surface area contributed by atoms with Crippen molar-refractivity contribution in [2.24, 2.45) is 0 Å². The maximum atomic E-state index is 12.0. The Morgan fingerprint density at radius 2 is 2.19 bits per heavy atom. The maximum absolute atomic E-state index is 12.0. The van der Waals surface area contributed by atoms with Crippen molar-refractivity contribution >= 4 is 17.7 Å². The van der Waals surface area contributed by atoms with Crippen LogP contribution in [0.1, 0.15) is 39.5 Å². The molecule has 1 unspecified atom stereocenters. The van der Waals surface area contributed by atoms with Gasteiger partial charge in [0.05, 0.1) is 18.4 Å². The number of hydrogen-bond donors (Lipinski definition) is 1. The largest absolute Gasteiger partial charge is 0.394 e. The van der Waals surface area contributed by atoms with Crippen LogP contribution in [0.5, 0.6) is 0 Å². The van der Waals surface area contributed by atoms with E-state index in [4.69, 9.17) is 0 Å². The number of amides is 1. The second kappa shape index (κ2) is 7.17. The summed E-state index contributed by atoms with van der Waals surface area (Å²) in [4.78, 5) is 13.9. The minimum absolute atomic E-state index is 0.0581. The van der Waals surface area contributed by atoms with E-state index in [0.717, 1.165) is 25.8 Å². The quantitative estimate of drug-likeness (QED) is 0.822. The minimum Gasteiger partial charge on any atom is -0.394 e. The van der Waals surface area contributed by atoms with E-state index in [-0.39, 0.29) is 18.6 Å². The van der Waals surface area contributed by atoms with Gasteiger partial charge in [0, 0.05) is 6.54 Å². The molecule has 1 fully saturated rings. The first-order chi connectivity index (χ1) is 7.65. The van der Waals surface area contributed by atoms with Crippen molar-refractivity contribution < 1.29 is 9.90 Å². The first-order valence-corrected chi connectivity index (χ1v) is 7.22. The minimum atomic E-state index is 0.0581. The zero-order valence-corrected chi connectivity index (χ0v) is 11.1. The van der Waals surface area contributed by atoms with E-state index in [1.807, 2.05) is 4.90 Å². The van der Waals surface area contributed by atoms with Crippen LogP contribution >= 0.6 is 11.8 Å². The first-order valence-electron chi connectivity index (χ1n) is 6.17. The number of nitrogens with zero attached hydrogens (tertiary/aromatic N) is 1. The number of hydrogen-bond acceptors (Lipinski definition) is 3. The SMILES string of the molecule is CC(C)SCC(=O)N1CCCCCC1CO. The highest BCUT2D eigenvalue weighted by Gasteiger charge is 2.24. The van der Waals surface area contributed by atoms with Crippen LogP contribution in [0.25, 0.3) is 0 Å². The lowest BCUT2D eigenvalue weighted by atomic mass is 10.1. The molecular formula is C12H23NO2S. The molecule has 0 saturated carbocycles. The van der Waals surface area contributed by atoms with Gasteiger partial charge in [0.15, 0.2) is 0 Å². The molecule has 1 atom stereocenters. The molecule has 94 valence electrons. The Bertz CT molecular complexity index is 221. The van der Waals surface area contributed by atoms with Crippen molar-refractivity contribution in [1.82, 2.24) is 4.90 Å². The van der Waals surface area contributed by atoms with Gasteiger partial charge in [0.2, 0.25) is 5.91 Å². The van der Waals surface area contributed by atoms with Crippen molar-refractivity contribution in [2.45, 2.75) is 50.8 Å². The third kappa shape index (κ3) is 4.34. The molecule has 1 aliphatic heterocycles. The molecule has 0 spiro atoms. The highest BCUT2D eigenvalue weighted by Crippen LogP contribution is 2.18. The normalized spacial score (nSPS) is 22.2. The van der Waals surface area contributed by atoms with Crippen LogP contribution in [0.3, 0.4) is 0 Å². The predicted molar refractivity (Wildman–Crippen MR) is 68.6 cm³/mol. The lowest BCUT2D eigenvalue weighted by molar-refractivity contribution is -0.131. The third-order valence-corrected chi connectivity index (χ3v) is 4.03. The van der Waals surface area contributed by atoms with Crippen LogP contribution in [0.2, 0.25) is 0 Å². The Morgan fingerprint density at radius 3 is 2.81 bits per heavy atom. The Balaban J connectivity index is 2.49. The molecule has 0 aromatic heterocycles. The average molecular weight is 245 g/mol. The fourth-order valence-electron chi connectivity index (χ4n) is 2.02. The Kier molecular flexibility index (Phi) is 6.21. The number of thioether (sulfide) groups is 1. The summed E-state index contributed by atoms with van der Waals surface area (Å²) in [5.74, 6) is 0.744. The van der Waals surface area contributed by atoms with E-state index >= 15 is 0 Å². The number of likely N-dealkylation sites (tertiary alicyclic amines) is 1. The van der Waals surface area contributed by atoms with Crippen molar-refractivity contribution in [3.8, 4) is 0 Å². The Hall–Kier alpha value is -0.220. The number of carbonyl (C=O) groups is 1. The standard InChI is InChI=1S/C12H23NO2S/c1-10(2)16-9-12(15)13-7-5-3-4-6-11(13)8-14/h10-11,14H,3-9H2,1-2H3. The highest BCUT2D eigenvalue weighted by atomic mass is 32.2. The van der Waals surface area contributed by atoms with E-state index in [0.29, 0.717) is 11.0 Å². The molecule has 0 radical (unpaired) electrons. The molecule has 0 bridgehead atoms. The summed E-state index contributed by atoms with van der Waals surface area (Å²) in [6, 6.07) is 0.0581. The summed E-state index contributed by atoms with van der Waals surface area (Å²) in [7, 11) is 0. The summed E-state index contributed by atoms with van der Waals surface area (Å²) < 4.78 is 0. The van der Waals surface area contributed by atoms with Crippen LogP contribution in [0.4, 0.5) is 0 Å². The van der Waals surface area contributed by atoms with E-state index in [2.05, 4.69) is 13.8 Å². The monoisotopic (exact) mass is 245 g/mol. The highest BCUT2D eigenvalue weighted by molar-refractivity contribution is 8.00. The maximum Gasteiger partial charge on any atom is 0.232 e. The first kappa shape index (κ1) is 13.8. The molecule has 0 aromatic rings. The zero-order chi connectivity index (χ0) is 12.0. The van der Waals surface area contributed by atoms with E-state index in [9.17, 15) is 9.90 Å². The summed E-state index contributed by atoms with van der Waals surface area (Å²) in [5.41, 5.74) is 0. The van der Waals surface area contributed by atoms with Crippen LogP contribution in [0.15, 0.2) is 0 Å². The third-order valence-electron chi connectivity index (χ3n) is 2.95. The molecule has 1 saturated heterocycles. The molecule has 1 aliphatic rings. The summed E-state index contributed by atoms with van der Waals surface area (Å²) in [6.07, 6.45) is 4.34. The van der Waals surface area contributed by atoms with Gasteiger partial charge in [-0.25, -0.2) is 0 Å². The molecule has 1 amide bonds. The van der Waals surface area contributed by atoms with Crippen molar-refractivity contribution in [3.63, 3.8) is 0 Å². The molecule has 0 aliphatic carbocycles. The molecular weight excluding hydrogens is 222 g/mol. The number of aliphatic hydroxyl groups is 1. The van der Waals surface area contributed by atoms with Gasteiger partial charge < -0.3 is 10.0 Å². The fourth-order valence-corrected chi connectivity index (χ4v) is 2.66. The molecule has 1 rings (SSSR count). The topological polar surface area (TPSA) is 40.5 Å². The van der Waals surface area contributed by atoms with Gasteiger partial charge in [-0.2, -0.15) is 0 Å². The summed E-state index contributed by atoms with van der Waals surface area (Å²) >= 11 is 1.68. The summed E-state index contributed by atoms with van der Waals surface area (Å²) in [5, 5.41) is 9.80. The zero-order valence-electron chi connectivity index (χ0n) is 10.3. The number of aliphatic hydroxyl groups excluding tert-OH is 1. The van der Waals surface area contributed by atoms with E-state index in [1.165, 1.54) is 6.42 Å². The van der Waals surface area contributed by atoms with Crippen LogP contribution < -0.4 is 0 Å². The van der Waals surface area contributed by atoms with Gasteiger partial charge in [-0.15, -0.1) is 11.8 Å². The number of rotatable bonds is 4.